The van der Waals surface area contributed by atoms with Crippen LogP contribution in [0.1, 0.15) is 17.9 Å². The van der Waals surface area contributed by atoms with E-state index in [-0.39, 0.29) is 18.2 Å². The maximum Gasteiger partial charge on any atom is 0.304 e. The molecule has 1 aliphatic rings. The average Bonchev–Trinajstić information content (AvgIpc) is 3.36. The van der Waals surface area contributed by atoms with E-state index in [2.05, 4.69) is 4.98 Å². The lowest BCUT2D eigenvalue weighted by atomic mass is 9.83. The summed E-state index contributed by atoms with van der Waals surface area (Å²) in [5.74, 6) is -1.76. The molecule has 0 unspecified atom stereocenters. The van der Waals surface area contributed by atoms with Crippen LogP contribution in [-0.4, -0.2) is 40.6 Å². The molecule has 0 fully saturated rings. The van der Waals surface area contributed by atoms with E-state index in [9.17, 15) is 14.7 Å². The fourth-order valence-corrected chi connectivity index (χ4v) is 5.45. The molecule has 0 radical (unpaired) electrons. The first-order valence-corrected chi connectivity index (χ1v) is 12.7. The van der Waals surface area contributed by atoms with Gasteiger partial charge >= 0.3 is 5.97 Å². The van der Waals surface area contributed by atoms with E-state index >= 15 is 0 Å². The summed E-state index contributed by atoms with van der Waals surface area (Å²) in [5.41, 5.74) is 4.46. The molecular formula is C29H25N3O4S. The van der Waals surface area contributed by atoms with Gasteiger partial charge in [-0.25, -0.2) is 9.97 Å². The smallest absolute Gasteiger partial charge is 0.304 e. The Hall–Kier alpha value is -4.30. The number of thiazole rings is 1. The third kappa shape index (κ3) is 5.15. The average molecular weight is 512 g/mol. The van der Waals surface area contributed by atoms with E-state index in [1.807, 2.05) is 84.3 Å². The Balaban J connectivity index is 1.47. The summed E-state index contributed by atoms with van der Waals surface area (Å²) in [5, 5.41) is 12.1. The summed E-state index contributed by atoms with van der Waals surface area (Å²) in [6.07, 6.45) is 5.37. The number of carboxylic acids is 1. The Kier molecular flexibility index (Phi) is 7.09. The predicted octanol–water partition coefficient (Wildman–Crippen LogP) is 5.66. The van der Waals surface area contributed by atoms with Gasteiger partial charge in [-0.3, -0.25) is 14.5 Å². The highest BCUT2D eigenvalue weighted by Crippen LogP contribution is 2.38. The van der Waals surface area contributed by atoms with Gasteiger partial charge in [-0.1, -0.05) is 66.7 Å². The zero-order chi connectivity index (χ0) is 25.8. The third-order valence-electron chi connectivity index (χ3n) is 6.41. The van der Waals surface area contributed by atoms with Gasteiger partial charge in [0.05, 0.1) is 25.1 Å². The van der Waals surface area contributed by atoms with Gasteiger partial charge in [0.25, 0.3) is 0 Å². The number of carbonyl (C=O) groups excluding carboxylic acids is 1. The number of ether oxygens (including phenoxy) is 1. The molecule has 2 aromatic heterocycles. The number of aromatic nitrogens is 2. The Labute approximate surface area is 218 Å². The topological polar surface area (TPSA) is 92.6 Å². The van der Waals surface area contributed by atoms with Crippen LogP contribution in [0.2, 0.25) is 0 Å². The monoisotopic (exact) mass is 511 g/mol. The van der Waals surface area contributed by atoms with Crippen LogP contribution in [0.25, 0.3) is 22.4 Å². The molecule has 4 aromatic rings. The van der Waals surface area contributed by atoms with Gasteiger partial charge in [-0.2, -0.15) is 0 Å². The molecule has 37 heavy (non-hydrogen) atoms. The number of aliphatic carboxylic acids is 1. The maximum atomic E-state index is 13.7. The quantitative estimate of drug-likeness (QED) is 0.322. The third-order valence-corrected chi connectivity index (χ3v) is 7.27. The number of anilines is 1. The molecule has 1 N–H and O–H groups in total. The fourth-order valence-electron chi connectivity index (χ4n) is 4.61. The summed E-state index contributed by atoms with van der Waals surface area (Å²) in [6.45, 7) is 0.329. The molecule has 1 amide bonds. The fraction of sp³-hybridized carbons (Fsp3) is 0.172. The SMILES string of the molecule is COc1ccc(-c2ccccc2-c2csc(N3CC=C[C@H](c4ccccc4)[C@H](CC(=O)O)C3=O)n2)cn1. The van der Waals surface area contributed by atoms with Crippen LogP contribution >= 0.6 is 11.3 Å². The van der Waals surface area contributed by atoms with Crippen LogP contribution < -0.4 is 9.64 Å². The van der Waals surface area contributed by atoms with Crippen molar-refractivity contribution in [2.75, 3.05) is 18.6 Å². The summed E-state index contributed by atoms with van der Waals surface area (Å²) in [6, 6.07) is 21.2. The summed E-state index contributed by atoms with van der Waals surface area (Å²) < 4.78 is 5.18. The Bertz CT molecular complexity index is 1430. The normalized spacial score (nSPS) is 17.4. The summed E-state index contributed by atoms with van der Waals surface area (Å²) >= 11 is 1.37. The largest absolute Gasteiger partial charge is 0.481 e. The van der Waals surface area contributed by atoms with Crippen molar-refractivity contribution in [3.8, 4) is 28.3 Å². The van der Waals surface area contributed by atoms with Gasteiger partial charge in [-0.15, -0.1) is 11.3 Å². The highest BCUT2D eigenvalue weighted by atomic mass is 32.1. The van der Waals surface area contributed by atoms with Crippen molar-refractivity contribution >= 4 is 28.3 Å². The number of rotatable bonds is 7. The second kappa shape index (κ2) is 10.8. The van der Waals surface area contributed by atoms with E-state index in [0.717, 1.165) is 27.9 Å². The van der Waals surface area contributed by atoms with Gasteiger partial charge in [0.15, 0.2) is 5.13 Å². The van der Waals surface area contributed by atoms with Gasteiger partial charge in [-0.05, 0) is 17.2 Å². The number of hydrogen-bond acceptors (Lipinski definition) is 6. The van der Waals surface area contributed by atoms with Crippen LogP contribution in [-0.2, 0) is 9.59 Å². The summed E-state index contributed by atoms with van der Waals surface area (Å²) in [4.78, 5) is 36.2. The Morgan fingerprint density at radius 3 is 2.54 bits per heavy atom. The number of carboxylic acid groups (broad SMARTS) is 1. The van der Waals surface area contributed by atoms with E-state index < -0.39 is 11.9 Å². The molecule has 2 aromatic carbocycles. The predicted molar refractivity (Wildman–Crippen MR) is 144 cm³/mol. The first-order chi connectivity index (χ1) is 18.0. The first kappa shape index (κ1) is 24.4. The van der Waals surface area contributed by atoms with Crippen molar-refractivity contribution in [1.82, 2.24) is 9.97 Å². The molecule has 0 saturated heterocycles. The van der Waals surface area contributed by atoms with Crippen LogP contribution in [0.5, 0.6) is 5.88 Å². The van der Waals surface area contributed by atoms with Crippen LogP contribution in [0.15, 0.2) is 90.5 Å². The second-order valence-corrected chi connectivity index (χ2v) is 9.50. The van der Waals surface area contributed by atoms with E-state index in [1.165, 1.54) is 11.3 Å². The zero-order valence-electron chi connectivity index (χ0n) is 20.2. The van der Waals surface area contributed by atoms with Gasteiger partial charge in [0.1, 0.15) is 0 Å². The molecule has 0 spiro atoms. The second-order valence-electron chi connectivity index (χ2n) is 8.67. The molecule has 0 saturated carbocycles. The Morgan fingerprint density at radius 2 is 1.84 bits per heavy atom. The van der Waals surface area contributed by atoms with E-state index in [0.29, 0.717) is 17.6 Å². The number of allylic oxidation sites excluding steroid dienone is 1. The molecule has 5 rings (SSSR count). The van der Waals surface area contributed by atoms with E-state index in [1.54, 1.807) is 18.2 Å². The van der Waals surface area contributed by atoms with Gasteiger partial charge < -0.3 is 9.84 Å². The molecule has 8 heteroatoms. The Morgan fingerprint density at radius 1 is 1.08 bits per heavy atom. The summed E-state index contributed by atoms with van der Waals surface area (Å²) in [7, 11) is 1.58. The number of pyridine rings is 1. The van der Waals surface area contributed by atoms with Crippen LogP contribution in [0.3, 0.4) is 0 Å². The molecule has 0 bridgehead atoms. The first-order valence-electron chi connectivity index (χ1n) is 11.8. The lowest BCUT2D eigenvalue weighted by molar-refractivity contribution is -0.140. The molecular weight excluding hydrogens is 486 g/mol. The molecule has 1 aliphatic heterocycles. The van der Waals surface area contributed by atoms with Crippen LogP contribution in [0.4, 0.5) is 5.13 Å². The number of nitrogens with zero attached hydrogens (tertiary/aromatic N) is 3. The minimum Gasteiger partial charge on any atom is -0.481 e. The van der Waals surface area contributed by atoms with Crippen molar-refractivity contribution in [2.24, 2.45) is 5.92 Å². The number of amides is 1. The van der Waals surface area contributed by atoms with Crippen molar-refractivity contribution in [1.29, 1.82) is 0 Å². The maximum absolute atomic E-state index is 13.7. The zero-order valence-corrected chi connectivity index (χ0v) is 21.0. The van der Waals surface area contributed by atoms with Crippen molar-refractivity contribution < 1.29 is 19.4 Å². The number of methoxy groups -OCH3 is 1. The van der Waals surface area contributed by atoms with E-state index in [4.69, 9.17) is 9.72 Å². The van der Waals surface area contributed by atoms with Gasteiger partial charge in [0, 0.05) is 41.2 Å². The van der Waals surface area contributed by atoms with Gasteiger partial charge in [0.2, 0.25) is 11.8 Å². The number of hydrogen-bond donors (Lipinski definition) is 1. The molecule has 186 valence electrons. The lowest BCUT2D eigenvalue weighted by Gasteiger charge is -2.25. The molecule has 2 atom stereocenters. The number of carbonyl (C=O) groups is 2. The minimum atomic E-state index is -1.00. The number of benzene rings is 2. The minimum absolute atomic E-state index is 0.241. The molecule has 3 heterocycles. The van der Waals surface area contributed by atoms with Crippen molar-refractivity contribution in [2.45, 2.75) is 12.3 Å². The molecule has 0 aliphatic carbocycles. The highest BCUT2D eigenvalue weighted by molar-refractivity contribution is 7.14. The highest BCUT2D eigenvalue weighted by Gasteiger charge is 2.36. The van der Waals surface area contributed by atoms with Crippen LogP contribution in [0, 0.1) is 5.92 Å². The van der Waals surface area contributed by atoms with Crippen molar-refractivity contribution in [3.63, 3.8) is 0 Å². The lowest BCUT2D eigenvalue weighted by Crippen LogP contribution is -2.38. The molecule has 7 nitrogen and oxygen atoms in total. The van der Waals surface area contributed by atoms with Crippen molar-refractivity contribution in [3.05, 3.63) is 96.0 Å². The standard InChI is InChI=1S/C29H25N3O4S/c1-36-26-14-13-20(17-30-26)22-10-5-6-11-23(22)25-18-37-29(31-25)32-15-7-12-21(19-8-3-2-4-9-19)24(28(32)35)16-27(33)34/h2-14,17-18,21,24H,15-16H2,1H3,(H,33,34)/t21-,24+/m1/s1.